The molecule has 0 saturated carbocycles. The summed E-state index contributed by atoms with van der Waals surface area (Å²) in [4.78, 5) is 16.8. The number of rotatable bonds is 5. The molecule has 0 saturated heterocycles. The summed E-state index contributed by atoms with van der Waals surface area (Å²) in [5, 5.41) is 0. The van der Waals surface area contributed by atoms with Crippen molar-refractivity contribution >= 4 is 37.8 Å². The Morgan fingerprint density at radius 1 is 1.15 bits per heavy atom. The number of hydrogen-bond acceptors (Lipinski definition) is 3. The van der Waals surface area contributed by atoms with E-state index in [4.69, 9.17) is 4.74 Å². The predicted octanol–water partition coefficient (Wildman–Crippen LogP) is 5.94. The van der Waals surface area contributed by atoms with Crippen molar-refractivity contribution in [3.05, 3.63) is 62.3 Å². The first kappa shape index (κ1) is 21.0. The molecule has 3 nitrogen and oxygen atoms in total. The highest BCUT2D eigenvalue weighted by Crippen LogP contribution is 2.31. The first-order valence-corrected chi connectivity index (χ1v) is 9.61. The first-order chi connectivity index (χ1) is 12.0. The molecule has 0 spiro atoms. The van der Waals surface area contributed by atoms with E-state index in [-0.39, 0.29) is 12.8 Å². The summed E-state index contributed by atoms with van der Waals surface area (Å²) in [5.41, 5.74) is 0.453. The number of ether oxygens (including phenoxy) is 1. The van der Waals surface area contributed by atoms with E-state index < -0.39 is 29.1 Å². The second kappa shape index (κ2) is 8.57. The lowest BCUT2D eigenvalue weighted by atomic mass is 9.92. The van der Waals surface area contributed by atoms with Gasteiger partial charge in [-0.25, -0.2) is 13.8 Å². The van der Waals surface area contributed by atoms with Gasteiger partial charge in [-0.3, -0.25) is 4.79 Å². The van der Waals surface area contributed by atoms with Crippen LogP contribution < -0.4 is 0 Å². The van der Waals surface area contributed by atoms with Crippen LogP contribution in [0, 0.1) is 11.6 Å². The van der Waals surface area contributed by atoms with Crippen LogP contribution in [0.3, 0.4) is 0 Å². The number of pyridine rings is 1. The molecule has 2 rings (SSSR count). The molecule has 7 heteroatoms. The molecule has 26 heavy (non-hydrogen) atoms. The Kier molecular flexibility index (Phi) is 6.91. The normalized spacial score (nSPS) is 12.7. The molecule has 1 atom stereocenters. The number of benzene rings is 1. The van der Waals surface area contributed by atoms with Crippen LogP contribution in [0.15, 0.2) is 39.4 Å². The zero-order valence-electron chi connectivity index (χ0n) is 14.7. The summed E-state index contributed by atoms with van der Waals surface area (Å²) in [6, 6.07) is 6.91. The summed E-state index contributed by atoms with van der Waals surface area (Å²) in [6.07, 6.45) is 0.285. The van der Waals surface area contributed by atoms with Crippen molar-refractivity contribution in [1.29, 1.82) is 0 Å². The lowest BCUT2D eigenvalue weighted by molar-refractivity contribution is -0.155. The molecule has 0 amide bonds. The third-order valence-electron chi connectivity index (χ3n) is 3.46. The lowest BCUT2D eigenvalue weighted by Gasteiger charge is -2.23. The summed E-state index contributed by atoms with van der Waals surface area (Å²) in [5.74, 6) is -2.11. The van der Waals surface area contributed by atoms with Gasteiger partial charge < -0.3 is 4.74 Å². The standard InChI is InChI=1S/C19H19Br2F2NO2/c1-19(2,3)26-17(25)9-12(18-15(20)4-5-16(21)24-18)6-11-7-13(22)10-14(23)8-11/h4-5,7-8,10,12H,6,9H2,1-3H3/t12-/m1/s1. The van der Waals surface area contributed by atoms with E-state index in [2.05, 4.69) is 36.8 Å². The molecule has 1 aromatic heterocycles. The van der Waals surface area contributed by atoms with E-state index in [1.54, 1.807) is 32.9 Å². The second-order valence-corrected chi connectivity index (χ2v) is 8.64. The Balaban J connectivity index is 2.34. The van der Waals surface area contributed by atoms with Crippen LogP contribution in [0.5, 0.6) is 0 Å². The average molecular weight is 491 g/mol. The molecule has 1 heterocycles. The number of esters is 1. The Hall–Kier alpha value is -1.34. The maximum Gasteiger partial charge on any atom is 0.306 e. The lowest BCUT2D eigenvalue weighted by Crippen LogP contribution is -2.25. The van der Waals surface area contributed by atoms with Gasteiger partial charge in [-0.1, -0.05) is 0 Å². The van der Waals surface area contributed by atoms with Gasteiger partial charge in [-0.2, -0.15) is 0 Å². The van der Waals surface area contributed by atoms with Crippen molar-refractivity contribution in [2.24, 2.45) is 0 Å². The Labute approximate surface area is 168 Å². The molecule has 0 aliphatic carbocycles. The molecule has 0 N–H and O–H groups in total. The van der Waals surface area contributed by atoms with Gasteiger partial charge in [-0.05, 0) is 88.9 Å². The molecule has 0 unspecified atom stereocenters. The van der Waals surface area contributed by atoms with E-state index >= 15 is 0 Å². The summed E-state index contributed by atoms with van der Waals surface area (Å²) >= 11 is 6.76. The highest BCUT2D eigenvalue weighted by atomic mass is 79.9. The van der Waals surface area contributed by atoms with Crippen LogP contribution in [0.25, 0.3) is 0 Å². The zero-order valence-corrected chi connectivity index (χ0v) is 17.8. The van der Waals surface area contributed by atoms with Crippen molar-refractivity contribution in [1.82, 2.24) is 4.98 Å². The van der Waals surface area contributed by atoms with Gasteiger partial charge in [0, 0.05) is 16.5 Å². The quantitative estimate of drug-likeness (QED) is 0.384. The second-order valence-electron chi connectivity index (χ2n) is 6.97. The van der Waals surface area contributed by atoms with Gasteiger partial charge in [-0.15, -0.1) is 0 Å². The fraction of sp³-hybridized carbons (Fsp3) is 0.368. The molecule has 0 fully saturated rings. The molecule has 0 bridgehead atoms. The van der Waals surface area contributed by atoms with Gasteiger partial charge in [0.15, 0.2) is 0 Å². The minimum absolute atomic E-state index is 0.0391. The smallest absolute Gasteiger partial charge is 0.306 e. The van der Waals surface area contributed by atoms with Crippen LogP contribution in [0.2, 0.25) is 0 Å². The average Bonchev–Trinajstić information content (AvgIpc) is 2.46. The molecular weight excluding hydrogens is 472 g/mol. The van der Waals surface area contributed by atoms with Gasteiger partial charge in [0.1, 0.15) is 21.8 Å². The number of halogens is 4. The summed E-state index contributed by atoms with van der Waals surface area (Å²) < 4.78 is 33.8. The topological polar surface area (TPSA) is 39.2 Å². The number of nitrogens with zero attached hydrogens (tertiary/aromatic N) is 1. The molecular formula is C19H19Br2F2NO2. The highest BCUT2D eigenvalue weighted by molar-refractivity contribution is 9.11. The molecule has 0 aliphatic rings. The first-order valence-electron chi connectivity index (χ1n) is 8.02. The van der Waals surface area contributed by atoms with E-state index in [0.717, 1.165) is 6.07 Å². The van der Waals surface area contributed by atoms with Crippen molar-refractivity contribution in [3.8, 4) is 0 Å². The van der Waals surface area contributed by atoms with Gasteiger partial charge in [0.2, 0.25) is 0 Å². The molecule has 0 radical (unpaired) electrons. The Bertz CT molecular complexity index is 786. The van der Waals surface area contributed by atoms with Crippen LogP contribution in [-0.4, -0.2) is 16.6 Å². The molecule has 2 aromatic rings. The van der Waals surface area contributed by atoms with Crippen molar-refractivity contribution < 1.29 is 18.3 Å². The van der Waals surface area contributed by atoms with Crippen molar-refractivity contribution in [3.63, 3.8) is 0 Å². The van der Waals surface area contributed by atoms with E-state index in [1.807, 2.05) is 0 Å². The Morgan fingerprint density at radius 2 is 1.77 bits per heavy atom. The fourth-order valence-electron chi connectivity index (χ4n) is 2.58. The third-order valence-corrected chi connectivity index (χ3v) is 4.58. The van der Waals surface area contributed by atoms with E-state index in [1.165, 1.54) is 12.1 Å². The summed E-state index contributed by atoms with van der Waals surface area (Å²) in [7, 11) is 0. The van der Waals surface area contributed by atoms with Gasteiger partial charge in [0.05, 0.1) is 12.1 Å². The molecule has 1 aromatic carbocycles. The van der Waals surface area contributed by atoms with Crippen LogP contribution in [-0.2, 0) is 16.0 Å². The van der Waals surface area contributed by atoms with Crippen LogP contribution >= 0.6 is 31.9 Å². The molecule has 140 valence electrons. The zero-order chi connectivity index (χ0) is 19.5. The summed E-state index contributed by atoms with van der Waals surface area (Å²) in [6.45, 7) is 5.36. The number of aromatic nitrogens is 1. The largest absolute Gasteiger partial charge is 0.460 e. The number of carbonyl (C=O) groups excluding carboxylic acids is 1. The SMILES string of the molecule is CC(C)(C)OC(=O)C[C@@H](Cc1cc(F)cc(F)c1)c1nc(Br)ccc1Br. The number of carbonyl (C=O) groups is 1. The monoisotopic (exact) mass is 489 g/mol. The fourth-order valence-corrected chi connectivity index (χ4v) is 3.45. The molecule has 0 aliphatic heterocycles. The van der Waals surface area contributed by atoms with Crippen molar-refractivity contribution in [2.45, 2.75) is 45.1 Å². The number of hydrogen-bond donors (Lipinski definition) is 0. The van der Waals surface area contributed by atoms with Gasteiger partial charge >= 0.3 is 5.97 Å². The van der Waals surface area contributed by atoms with E-state index in [9.17, 15) is 13.6 Å². The maximum absolute atomic E-state index is 13.5. The van der Waals surface area contributed by atoms with Crippen LogP contribution in [0.4, 0.5) is 8.78 Å². The minimum atomic E-state index is -0.655. The van der Waals surface area contributed by atoms with E-state index in [0.29, 0.717) is 20.3 Å². The van der Waals surface area contributed by atoms with Crippen LogP contribution in [0.1, 0.15) is 44.4 Å². The highest BCUT2D eigenvalue weighted by Gasteiger charge is 2.25. The van der Waals surface area contributed by atoms with Gasteiger partial charge in [0.25, 0.3) is 0 Å². The maximum atomic E-state index is 13.5. The van der Waals surface area contributed by atoms with Crippen molar-refractivity contribution in [2.75, 3.05) is 0 Å². The minimum Gasteiger partial charge on any atom is -0.460 e. The predicted molar refractivity (Wildman–Crippen MR) is 103 cm³/mol. The third kappa shape index (κ3) is 6.43. The Morgan fingerprint density at radius 3 is 2.35 bits per heavy atom.